The van der Waals surface area contributed by atoms with Crippen LogP contribution >= 0.6 is 0 Å². The number of aliphatic imine (C=N–C) groups is 1. The average molecular weight is 421 g/mol. The van der Waals surface area contributed by atoms with Crippen LogP contribution in [0.5, 0.6) is 0 Å². The third-order valence-electron chi connectivity index (χ3n) is 5.95. The summed E-state index contributed by atoms with van der Waals surface area (Å²) in [6.45, 7) is 6.82. The van der Waals surface area contributed by atoms with E-state index in [-0.39, 0.29) is 5.91 Å². The molecular formula is C24H32N6O. The number of guanidine groups is 1. The Morgan fingerprint density at radius 1 is 1.06 bits per heavy atom. The van der Waals surface area contributed by atoms with Crippen molar-refractivity contribution in [2.24, 2.45) is 4.99 Å². The number of nitrogens with one attached hydrogen (secondary N) is 3. The molecule has 1 unspecified atom stereocenters. The zero-order chi connectivity index (χ0) is 21.6. The van der Waals surface area contributed by atoms with Crippen LogP contribution < -0.4 is 25.8 Å². The summed E-state index contributed by atoms with van der Waals surface area (Å²) >= 11 is 0. The molecule has 0 saturated carbocycles. The summed E-state index contributed by atoms with van der Waals surface area (Å²) < 4.78 is 0. The average Bonchev–Trinajstić information content (AvgIpc) is 3.26. The Kier molecular flexibility index (Phi) is 6.60. The summed E-state index contributed by atoms with van der Waals surface area (Å²) in [6, 6.07) is 17.5. The number of hydrogen-bond acceptors (Lipinski definition) is 4. The molecule has 2 aliphatic heterocycles. The fourth-order valence-electron chi connectivity index (χ4n) is 4.13. The SMILES string of the molecule is CN=C(NCc1ccc(N2CCNC(=O)C2)cc1)NC1CCN(c2ccc(C)cc2)C1. The molecule has 0 aromatic heterocycles. The van der Waals surface area contributed by atoms with E-state index >= 15 is 0 Å². The molecule has 4 rings (SSSR count). The summed E-state index contributed by atoms with van der Waals surface area (Å²) in [5.74, 6) is 0.909. The van der Waals surface area contributed by atoms with Crippen molar-refractivity contribution >= 4 is 23.2 Å². The molecule has 0 aliphatic carbocycles. The van der Waals surface area contributed by atoms with Crippen molar-refractivity contribution in [3.63, 3.8) is 0 Å². The van der Waals surface area contributed by atoms with Crippen LogP contribution in [0.15, 0.2) is 53.5 Å². The van der Waals surface area contributed by atoms with E-state index in [1.165, 1.54) is 16.8 Å². The van der Waals surface area contributed by atoms with E-state index in [0.717, 1.165) is 37.7 Å². The van der Waals surface area contributed by atoms with Gasteiger partial charge in [-0.2, -0.15) is 0 Å². The number of anilines is 2. The van der Waals surface area contributed by atoms with Crippen molar-refractivity contribution in [2.75, 3.05) is 49.6 Å². The molecule has 1 atom stereocenters. The van der Waals surface area contributed by atoms with Crippen LogP contribution in [-0.4, -0.2) is 57.7 Å². The number of amides is 1. The maximum atomic E-state index is 11.6. The topological polar surface area (TPSA) is 72.0 Å². The third-order valence-corrected chi connectivity index (χ3v) is 5.95. The molecule has 1 amide bonds. The Bertz CT molecular complexity index is 909. The first-order valence-electron chi connectivity index (χ1n) is 11.0. The lowest BCUT2D eigenvalue weighted by molar-refractivity contribution is -0.120. The van der Waals surface area contributed by atoms with Crippen molar-refractivity contribution in [1.29, 1.82) is 0 Å². The summed E-state index contributed by atoms with van der Waals surface area (Å²) in [7, 11) is 1.81. The lowest BCUT2D eigenvalue weighted by Crippen LogP contribution is -2.47. The molecule has 0 bridgehead atoms. The van der Waals surface area contributed by atoms with Gasteiger partial charge in [0.05, 0.1) is 6.54 Å². The van der Waals surface area contributed by atoms with Gasteiger partial charge in [-0.05, 0) is 43.2 Å². The molecule has 3 N–H and O–H groups in total. The maximum absolute atomic E-state index is 11.6. The van der Waals surface area contributed by atoms with E-state index < -0.39 is 0 Å². The number of piperazine rings is 1. The summed E-state index contributed by atoms with van der Waals surface area (Å²) in [4.78, 5) is 20.5. The van der Waals surface area contributed by atoms with Gasteiger partial charge in [0.2, 0.25) is 5.91 Å². The van der Waals surface area contributed by atoms with Crippen LogP contribution in [0, 0.1) is 6.92 Å². The molecule has 0 spiro atoms. The lowest BCUT2D eigenvalue weighted by Gasteiger charge is -2.28. The number of hydrogen-bond donors (Lipinski definition) is 3. The molecule has 2 aromatic rings. The Hall–Kier alpha value is -3.22. The van der Waals surface area contributed by atoms with Gasteiger partial charge in [0, 0.05) is 57.2 Å². The molecule has 2 saturated heterocycles. The second kappa shape index (κ2) is 9.73. The van der Waals surface area contributed by atoms with Gasteiger partial charge in [-0.15, -0.1) is 0 Å². The van der Waals surface area contributed by atoms with Gasteiger partial charge >= 0.3 is 0 Å². The van der Waals surface area contributed by atoms with Crippen LogP contribution in [0.25, 0.3) is 0 Å². The molecule has 2 aliphatic rings. The van der Waals surface area contributed by atoms with Gasteiger partial charge in [0.15, 0.2) is 5.96 Å². The molecule has 2 aromatic carbocycles. The van der Waals surface area contributed by atoms with Gasteiger partial charge in [0.1, 0.15) is 0 Å². The van der Waals surface area contributed by atoms with Gasteiger partial charge in [-0.25, -0.2) is 0 Å². The molecule has 2 heterocycles. The summed E-state index contributed by atoms with van der Waals surface area (Å²) in [6.07, 6.45) is 1.09. The quantitative estimate of drug-likeness (QED) is 0.509. The van der Waals surface area contributed by atoms with Crippen LogP contribution in [0.4, 0.5) is 11.4 Å². The number of carbonyl (C=O) groups excluding carboxylic acids is 1. The molecular weight excluding hydrogens is 388 g/mol. The van der Waals surface area contributed by atoms with Crippen molar-refractivity contribution in [2.45, 2.75) is 25.9 Å². The number of nitrogens with zero attached hydrogens (tertiary/aromatic N) is 3. The molecule has 164 valence electrons. The predicted octanol–water partition coefficient (Wildman–Crippen LogP) is 1.88. The van der Waals surface area contributed by atoms with E-state index in [9.17, 15) is 4.79 Å². The van der Waals surface area contributed by atoms with E-state index in [1.54, 1.807) is 0 Å². The zero-order valence-electron chi connectivity index (χ0n) is 18.4. The minimum absolute atomic E-state index is 0.0831. The largest absolute Gasteiger partial charge is 0.369 e. The number of benzene rings is 2. The minimum atomic E-state index is 0.0831. The summed E-state index contributed by atoms with van der Waals surface area (Å²) in [5.41, 5.74) is 4.84. The van der Waals surface area contributed by atoms with E-state index in [1.807, 2.05) is 7.05 Å². The predicted molar refractivity (Wildman–Crippen MR) is 127 cm³/mol. The number of rotatable bonds is 5. The van der Waals surface area contributed by atoms with Gasteiger partial charge in [-0.1, -0.05) is 29.8 Å². The third kappa shape index (κ3) is 5.48. The van der Waals surface area contributed by atoms with Crippen molar-refractivity contribution in [1.82, 2.24) is 16.0 Å². The van der Waals surface area contributed by atoms with E-state index in [2.05, 4.69) is 86.2 Å². The molecule has 7 nitrogen and oxygen atoms in total. The van der Waals surface area contributed by atoms with Gasteiger partial charge in [0.25, 0.3) is 0 Å². The van der Waals surface area contributed by atoms with Crippen LogP contribution in [0.1, 0.15) is 17.5 Å². The smallest absolute Gasteiger partial charge is 0.239 e. The van der Waals surface area contributed by atoms with Crippen LogP contribution in [-0.2, 0) is 11.3 Å². The van der Waals surface area contributed by atoms with E-state index in [0.29, 0.717) is 25.7 Å². The van der Waals surface area contributed by atoms with Crippen molar-refractivity contribution in [3.8, 4) is 0 Å². The lowest BCUT2D eigenvalue weighted by atomic mass is 10.2. The maximum Gasteiger partial charge on any atom is 0.239 e. The highest BCUT2D eigenvalue weighted by atomic mass is 16.2. The number of aryl methyl sites for hydroxylation is 1. The Morgan fingerprint density at radius 3 is 2.48 bits per heavy atom. The van der Waals surface area contributed by atoms with Gasteiger partial charge in [-0.3, -0.25) is 9.79 Å². The highest BCUT2D eigenvalue weighted by molar-refractivity contribution is 5.82. The highest BCUT2D eigenvalue weighted by Gasteiger charge is 2.23. The second-order valence-corrected chi connectivity index (χ2v) is 8.28. The first-order chi connectivity index (χ1) is 15.1. The van der Waals surface area contributed by atoms with Gasteiger partial charge < -0.3 is 25.8 Å². The molecule has 31 heavy (non-hydrogen) atoms. The molecule has 7 heteroatoms. The van der Waals surface area contributed by atoms with E-state index in [4.69, 9.17) is 0 Å². The minimum Gasteiger partial charge on any atom is -0.369 e. The Morgan fingerprint density at radius 2 is 1.77 bits per heavy atom. The molecule has 2 fully saturated rings. The van der Waals surface area contributed by atoms with Crippen molar-refractivity contribution < 1.29 is 4.79 Å². The van der Waals surface area contributed by atoms with Crippen LogP contribution in [0.3, 0.4) is 0 Å². The summed E-state index contributed by atoms with van der Waals surface area (Å²) in [5, 5.41) is 9.85. The normalized spacial score (nSPS) is 19.4. The first kappa shape index (κ1) is 21.0. The van der Waals surface area contributed by atoms with Crippen LogP contribution in [0.2, 0.25) is 0 Å². The molecule has 0 radical (unpaired) electrons. The fourth-order valence-corrected chi connectivity index (χ4v) is 4.13. The number of carbonyl (C=O) groups is 1. The fraction of sp³-hybridized carbons (Fsp3) is 0.417. The standard InChI is InChI=1S/C24H32N6O/c1-18-3-7-21(8-4-18)29-13-11-20(16-29)28-24(25-2)27-15-19-5-9-22(10-6-19)30-14-12-26-23(31)17-30/h3-10,20H,11-17H2,1-2H3,(H,26,31)(H2,25,27,28). The Balaban J connectivity index is 1.26. The first-order valence-corrected chi connectivity index (χ1v) is 11.0. The highest BCUT2D eigenvalue weighted by Crippen LogP contribution is 2.21. The second-order valence-electron chi connectivity index (χ2n) is 8.28. The zero-order valence-corrected chi connectivity index (χ0v) is 18.4. The Labute approximate surface area is 184 Å². The van der Waals surface area contributed by atoms with Crippen molar-refractivity contribution in [3.05, 3.63) is 59.7 Å². The monoisotopic (exact) mass is 420 g/mol.